The largest absolute Gasteiger partial charge is 0.426 e. The first kappa shape index (κ1) is 16.1. The third-order valence-electron chi connectivity index (χ3n) is 4.17. The molecule has 0 amide bonds. The van der Waals surface area contributed by atoms with Crippen molar-refractivity contribution in [3.63, 3.8) is 0 Å². The predicted octanol–water partition coefficient (Wildman–Crippen LogP) is 1.77. The summed E-state index contributed by atoms with van der Waals surface area (Å²) in [6.07, 6.45) is 6.22. The molecule has 2 aromatic heterocycles. The van der Waals surface area contributed by atoms with Crippen LogP contribution in [0.3, 0.4) is 0 Å². The number of hydrogen-bond acceptors (Lipinski definition) is 6. The minimum absolute atomic E-state index is 0.0615. The quantitative estimate of drug-likeness (QED) is 0.893. The summed E-state index contributed by atoms with van der Waals surface area (Å²) in [5.74, 6) is 1.54. The smallest absolute Gasteiger partial charge is 0.242 e. The molecule has 0 saturated heterocycles. The van der Waals surface area contributed by atoms with Gasteiger partial charge in [0.2, 0.25) is 21.8 Å². The predicted molar refractivity (Wildman–Crippen MR) is 83.2 cm³/mol. The molecular weight excluding hydrogens is 316 g/mol. The molecule has 8 heteroatoms. The highest BCUT2D eigenvalue weighted by molar-refractivity contribution is 7.89. The maximum atomic E-state index is 12.5. The van der Waals surface area contributed by atoms with E-state index in [-0.39, 0.29) is 10.9 Å². The van der Waals surface area contributed by atoms with Gasteiger partial charge in [-0.1, -0.05) is 0 Å². The van der Waals surface area contributed by atoms with Crippen molar-refractivity contribution in [2.45, 2.75) is 50.5 Å². The summed E-state index contributed by atoms with van der Waals surface area (Å²) in [7, 11) is -3.53. The number of hydrogen-bond donors (Lipinski definition) is 1. The van der Waals surface area contributed by atoms with Crippen molar-refractivity contribution < 1.29 is 12.8 Å². The Morgan fingerprint density at radius 2 is 2.13 bits per heavy atom. The Bertz CT molecular complexity index is 788. The van der Waals surface area contributed by atoms with Crippen molar-refractivity contribution in [2.24, 2.45) is 5.92 Å². The lowest BCUT2D eigenvalue weighted by molar-refractivity contribution is 0.413. The first-order valence-electron chi connectivity index (χ1n) is 7.66. The molecule has 124 valence electrons. The topological polar surface area (TPSA) is 98.0 Å². The third-order valence-corrected chi connectivity index (χ3v) is 5.82. The molecule has 1 aliphatic carbocycles. The molecule has 0 unspecified atom stereocenters. The van der Waals surface area contributed by atoms with Gasteiger partial charge in [-0.2, -0.15) is 0 Å². The SMILES string of the molecule is Cc1nnc(C[C@@H]2CC[C@H](NS(=O)(=O)c3cnccc3C)C2)o1. The van der Waals surface area contributed by atoms with Crippen molar-refractivity contribution in [2.75, 3.05) is 0 Å². The first-order chi connectivity index (χ1) is 10.9. The van der Waals surface area contributed by atoms with Gasteiger partial charge >= 0.3 is 0 Å². The Morgan fingerprint density at radius 3 is 2.83 bits per heavy atom. The number of pyridine rings is 1. The van der Waals surface area contributed by atoms with Crippen LogP contribution in [0.25, 0.3) is 0 Å². The zero-order chi connectivity index (χ0) is 16.4. The molecule has 2 aromatic rings. The van der Waals surface area contributed by atoms with Gasteiger partial charge in [0.05, 0.1) is 0 Å². The Labute approximate surface area is 135 Å². The lowest BCUT2D eigenvalue weighted by Crippen LogP contribution is -2.33. The summed E-state index contributed by atoms with van der Waals surface area (Å²) in [6.45, 7) is 3.53. The molecular formula is C15H20N4O3S. The maximum absolute atomic E-state index is 12.5. The molecule has 0 aromatic carbocycles. The number of rotatable bonds is 5. The van der Waals surface area contributed by atoms with E-state index in [1.54, 1.807) is 26.1 Å². The van der Waals surface area contributed by atoms with Gasteiger partial charge in [0.25, 0.3) is 0 Å². The zero-order valence-electron chi connectivity index (χ0n) is 13.2. The van der Waals surface area contributed by atoms with Crippen LogP contribution in [-0.2, 0) is 16.4 Å². The maximum Gasteiger partial charge on any atom is 0.242 e. The fourth-order valence-electron chi connectivity index (χ4n) is 3.05. The Hall–Kier alpha value is -1.80. The molecule has 0 aliphatic heterocycles. The van der Waals surface area contributed by atoms with Crippen LogP contribution in [0.15, 0.2) is 27.8 Å². The number of nitrogens with zero attached hydrogens (tertiary/aromatic N) is 3. The van der Waals surface area contributed by atoms with Crippen LogP contribution >= 0.6 is 0 Å². The number of aryl methyl sites for hydroxylation is 2. The van der Waals surface area contributed by atoms with Crippen molar-refractivity contribution in [1.29, 1.82) is 0 Å². The first-order valence-corrected chi connectivity index (χ1v) is 9.14. The van der Waals surface area contributed by atoms with Gasteiger partial charge in [-0.25, -0.2) is 13.1 Å². The van der Waals surface area contributed by atoms with E-state index in [9.17, 15) is 8.42 Å². The highest BCUT2D eigenvalue weighted by Crippen LogP contribution is 2.29. The summed E-state index contributed by atoms with van der Waals surface area (Å²) >= 11 is 0. The van der Waals surface area contributed by atoms with Gasteiger partial charge in [0, 0.05) is 31.8 Å². The van der Waals surface area contributed by atoms with Crippen LogP contribution < -0.4 is 4.72 Å². The average Bonchev–Trinajstić information content (AvgIpc) is 3.08. The minimum Gasteiger partial charge on any atom is -0.426 e. The highest BCUT2D eigenvalue weighted by Gasteiger charge is 2.30. The summed E-state index contributed by atoms with van der Waals surface area (Å²) in [4.78, 5) is 4.16. The van der Waals surface area contributed by atoms with Crippen LogP contribution in [-0.4, -0.2) is 29.6 Å². The number of nitrogens with one attached hydrogen (secondary N) is 1. The van der Waals surface area contributed by atoms with Crippen LogP contribution in [0.2, 0.25) is 0 Å². The molecule has 2 heterocycles. The fraction of sp³-hybridized carbons (Fsp3) is 0.533. The van der Waals surface area contributed by atoms with Gasteiger partial charge in [-0.3, -0.25) is 4.98 Å². The minimum atomic E-state index is -3.53. The van der Waals surface area contributed by atoms with Crippen LogP contribution in [0.1, 0.15) is 36.6 Å². The monoisotopic (exact) mass is 336 g/mol. The van der Waals surface area contributed by atoms with Crippen LogP contribution in [0.5, 0.6) is 0 Å². The molecule has 0 spiro atoms. The van der Waals surface area contributed by atoms with Gasteiger partial charge in [-0.15, -0.1) is 10.2 Å². The molecule has 1 aliphatic rings. The Balaban J connectivity index is 1.62. The van der Waals surface area contributed by atoms with Crippen LogP contribution in [0, 0.1) is 19.8 Å². The van der Waals surface area contributed by atoms with E-state index in [4.69, 9.17) is 4.42 Å². The van der Waals surface area contributed by atoms with E-state index < -0.39 is 10.0 Å². The van der Waals surface area contributed by atoms with Gasteiger partial charge < -0.3 is 4.42 Å². The molecule has 0 bridgehead atoms. The van der Waals surface area contributed by atoms with Gasteiger partial charge in [-0.05, 0) is 43.7 Å². The van der Waals surface area contributed by atoms with Crippen molar-refractivity contribution >= 4 is 10.0 Å². The molecule has 0 radical (unpaired) electrons. The van der Waals surface area contributed by atoms with E-state index >= 15 is 0 Å². The van der Waals surface area contributed by atoms with E-state index in [0.29, 0.717) is 29.7 Å². The fourth-order valence-corrected chi connectivity index (χ4v) is 4.52. The zero-order valence-corrected chi connectivity index (χ0v) is 14.0. The number of aromatic nitrogens is 3. The number of sulfonamides is 1. The molecule has 1 N–H and O–H groups in total. The van der Waals surface area contributed by atoms with Gasteiger partial charge in [0.1, 0.15) is 4.90 Å². The molecule has 7 nitrogen and oxygen atoms in total. The molecule has 3 rings (SSSR count). The second kappa shape index (κ2) is 6.37. The van der Waals surface area contributed by atoms with Crippen LogP contribution in [0.4, 0.5) is 0 Å². The Morgan fingerprint density at radius 1 is 1.30 bits per heavy atom. The lowest BCUT2D eigenvalue weighted by Gasteiger charge is -2.14. The van der Waals surface area contributed by atoms with Crippen molar-refractivity contribution in [3.8, 4) is 0 Å². The van der Waals surface area contributed by atoms with Crippen molar-refractivity contribution in [1.82, 2.24) is 19.9 Å². The standard InChI is InChI=1S/C15H20N4O3S/c1-10-5-6-16-9-14(10)23(20,21)19-13-4-3-12(7-13)8-15-18-17-11(2)22-15/h5-6,9,12-13,19H,3-4,7-8H2,1-2H3/t12-,13+/m1/s1. The Kier molecular flexibility index (Phi) is 4.45. The second-order valence-electron chi connectivity index (χ2n) is 6.06. The van der Waals surface area contributed by atoms with E-state index in [1.807, 2.05) is 0 Å². The van der Waals surface area contributed by atoms with Crippen molar-refractivity contribution in [3.05, 3.63) is 35.8 Å². The molecule has 1 saturated carbocycles. The second-order valence-corrected chi connectivity index (χ2v) is 7.74. The highest BCUT2D eigenvalue weighted by atomic mass is 32.2. The van der Waals surface area contributed by atoms with E-state index in [1.165, 1.54) is 6.20 Å². The summed E-state index contributed by atoms with van der Waals surface area (Å²) in [5.41, 5.74) is 0.698. The van der Waals surface area contributed by atoms with E-state index in [0.717, 1.165) is 19.3 Å². The third kappa shape index (κ3) is 3.76. The molecule has 23 heavy (non-hydrogen) atoms. The average molecular weight is 336 g/mol. The molecule has 1 fully saturated rings. The van der Waals surface area contributed by atoms with E-state index in [2.05, 4.69) is 19.9 Å². The lowest BCUT2D eigenvalue weighted by atomic mass is 10.0. The summed E-state index contributed by atoms with van der Waals surface area (Å²) in [5, 5.41) is 7.83. The summed E-state index contributed by atoms with van der Waals surface area (Å²) in [6, 6.07) is 1.64. The summed E-state index contributed by atoms with van der Waals surface area (Å²) < 4.78 is 33.2. The van der Waals surface area contributed by atoms with Gasteiger partial charge in [0.15, 0.2) is 0 Å². The molecule has 2 atom stereocenters. The normalized spacial score (nSPS) is 21.7.